The predicted molar refractivity (Wildman–Crippen MR) is 65.8 cm³/mol. The topological polar surface area (TPSA) is 85.1 Å². The van der Waals surface area contributed by atoms with Crippen LogP contribution >= 0.6 is 0 Å². The molecule has 19 heavy (non-hydrogen) atoms. The van der Waals surface area contributed by atoms with Gasteiger partial charge in [-0.1, -0.05) is 0 Å². The van der Waals surface area contributed by atoms with Crippen molar-refractivity contribution >= 4 is 21.4 Å². The molecule has 3 N–H and O–H groups in total. The van der Waals surface area contributed by atoms with E-state index in [2.05, 4.69) is 9.71 Å². The average molecular weight is 285 g/mol. The van der Waals surface area contributed by atoms with E-state index in [1.807, 2.05) is 0 Å². The van der Waals surface area contributed by atoms with E-state index in [9.17, 15) is 17.2 Å². The highest BCUT2D eigenvalue weighted by molar-refractivity contribution is 7.92. The second kappa shape index (κ2) is 4.81. The Morgan fingerprint density at radius 3 is 2.42 bits per heavy atom. The summed E-state index contributed by atoms with van der Waals surface area (Å²) in [4.78, 5) is 3.07. The van der Waals surface area contributed by atoms with E-state index in [1.54, 1.807) is 0 Å². The number of benzene rings is 1. The van der Waals surface area contributed by atoms with Gasteiger partial charge >= 0.3 is 0 Å². The predicted octanol–water partition coefficient (Wildman–Crippen LogP) is 1.74. The Balaban J connectivity index is 2.36. The van der Waals surface area contributed by atoms with Gasteiger partial charge in [0, 0.05) is 11.9 Å². The maximum absolute atomic E-state index is 13.1. The van der Waals surface area contributed by atoms with Crippen molar-refractivity contribution in [3.63, 3.8) is 0 Å². The zero-order valence-electron chi connectivity index (χ0n) is 9.47. The molecular weight excluding hydrogens is 276 g/mol. The second-order valence-corrected chi connectivity index (χ2v) is 5.40. The van der Waals surface area contributed by atoms with Gasteiger partial charge in [-0.2, -0.15) is 0 Å². The van der Waals surface area contributed by atoms with E-state index in [0.717, 1.165) is 30.6 Å². The van der Waals surface area contributed by atoms with Gasteiger partial charge in [0.1, 0.15) is 16.5 Å². The molecule has 0 fully saturated rings. The van der Waals surface area contributed by atoms with Crippen LogP contribution in [0, 0.1) is 11.6 Å². The molecule has 0 spiro atoms. The lowest BCUT2D eigenvalue weighted by Gasteiger charge is -2.08. The lowest BCUT2D eigenvalue weighted by molar-refractivity contribution is 0.592. The number of nitrogen functional groups attached to an aromatic ring is 1. The van der Waals surface area contributed by atoms with Crippen molar-refractivity contribution in [3.05, 3.63) is 48.3 Å². The van der Waals surface area contributed by atoms with Crippen LogP contribution in [0.1, 0.15) is 0 Å². The first-order chi connectivity index (χ1) is 8.87. The molecule has 0 radical (unpaired) electrons. The Morgan fingerprint density at radius 2 is 1.79 bits per heavy atom. The van der Waals surface area contributed by atoms with Crippen LogP contribution in [0.5, 0.6) is 0 Å². The third-order valence-electron chi connectivity index (χ3n) is 2.16. The van der Waals surface area contributed by atoms with Crippen LogP contribution in [0.15, 0.2) is 41.6 Å². The number of aromatic nitrogens is 1. The third kappa shape index (κ3) is 3.16. The number of sulfonamides is 1. The van der Waals surface area contributed by atoms with Gasteiger partial charge < -0.3 is 5.73 Å². The standard InChI is InChI=1S/C11H9F2N3O2S/c12-7-1-9(14)4-10(2-7)16-19(17,18)11-3-8(13)5-15-6-11/h1-6,16H,14H2. The molecule has 5 nitrogen and oxygen atoms in total. The van der Waals surface area contributed by atoms with Crippen LogP contribution in [0.3, 0.4) is 0 Å². The van der Waals surface area contributed by atoms with Crippen LogP contribution in [0.4, 0.5) is 20.2 Å². The number of pyridine rings is 1. The van der Waals surface area contributed by atoms with Gasteiger partial charge in [-0.05, 0) is 24.3 Å². The summed E-state index contributed by atoms with van der Waals surface area (Å²) in [5.74, 6) is -1.48. The van der Waals surface area contributed by atoms with Crippen LogP contribution in [0.2, 0.25) is 0 Å². The number of rotatable bonds is 3. The summed E-state index contributed by atoms with van der Waals surface area (Å²) in [5, 5.41) is 0. The summed E-state index contributed by atoms with van der Waals surface area (Å²) in [5.41, 5.74) is 5.40. The van der Waals surface area contributed by atoms with Gasteiger partial charge in [-0.15, -0.1) is 0 Å². The fraction of sp³-hybridized carbons (Fsp3) is 0. The molecule has 100 valence electrons. The number of nitrogens with two attached hydrogens (primary N) is 1. The highest BCUT2D eigenvalue weighted by Gasteiger charge is 2.16. The van der Waals surface area contributed by atoms with E-state index < -0.39 is 21.7 Å². The lowest BCUT2D eigenvalue weighted by atomic mass is 10.3. The molecule has 2 rings (SSSR count). The van der Waals surface area contributed by atoms with Crippen LogP contribution in [-0.2, 0) is 10.0 Å². The molecule has 0 bridgehead atoms. The van der Waals surface area contributed by atoms with Gasteiger partial charge in [-0.25, -0.2) is 17.2 Å². The van der Waals surface area contributed by atoms with E-state index in [1.165, 1.54) is 6.07 Å². The second-order valence-electron chi connectivity index (χ2n) is 3.72. The molecule has 0 aliphatic heterocycles. The molecule has 0 amide bonds. The van der Waals surface area contributed by atoms with Crippen molar-refractivity contribution in [2.24, 2.45) is 0 Å². The molecule has 8 heteroatoms. The molecule has 1 aromatic carbocycles. The fourth-order valence-electron chi connectivity index (χ4n) is 1.42. The smallest absolute Gasteiger partial charge is 0.263 e. The first kappa shape index (κ1) is 13.2. The molecule has 2 aromatic rings. The Hall–Kier alpha value is -2.22. The molecule has 0 atom stereocenters. The Bertz CT molecular complexity index is 699. The summed E-state index contributed by atoms with van der Waals surface area (Å²) >= 11 is 0. The van der Waals surface area contributed by atoms with Crippen molar-refractivity contribution in [3.8, 4) is 0 Å². The number of hydrogen-bond donors (Lipinski definition) is 2. The van der Waals surface area contributed by atoms with Gasteiger partial charge in [0.25, 0.3) is 10.0 Å². The van der Waals surface area contributed by atoms with Crippen molar-refractivity contribution < 1.29 is 17.2 Å². The van der Waals surface area contributed by atoms with E-state index >= 15 is 0 Å². The van der Waals surface area contributed by atoms with Crippen molar-refractivity contribution in [1.82, 2.24) is 4.98 Å². The largest absolute Gasteiger partial charge is 0.399 e. The number of halogens is 2. The fourth-order valence-corrected chi connectivity index (χ4v) is 2.44. The Kier molecular flexibility index (Phi) is 3.34. The quantitative estimate of drug-likeness (QED) is 0.841. The van der Waals surface area contributed by atoms with Crippen molar-refractivity contribution in [2.45, 2.75) is 4.90 Å². The highest BCUT2D eigenvalue weighted by Crippen LogP contribution is 2.19. The molecule has 1 aromatic heterocycles. The maximum Gasteiger partial charge on any atom is 0.263 e. The Labute approximate surface area is 108 Å². The lowest BCUT2D eigenvalue weighted by Crippen LogP contribution is -2.13. The van der Waals surface area contributed by atoms with Crippen molar-refractivity contribution in [2.75, 3.05) is 10.5 Å². The minimum absolute atomic E-state index is 0.0539. The summed E-state index contributed by atoms with van der Waals surface area (Å²) in [7, 11) is -4.04. The summed E-state index contributed by atoms with van der Waals surface area (Å²) in [6.45, 7) is 0. The zero-order chi connectivity index (χ0) is 14.0. The number of anilines is 2. The first-order valence-corrected chi connectivity index (χ1v) is 6.54. The van der Waals surface area contributed by atoms with Crippen LogP contribution in [0.25, 0.3) is 0 Å². The van der Waals surface area contributed by atoms with Crippen LogP contribution < -0.4 is 10.5 Å². The minimum Gasteiger partial charge on any atom is -0.399 e. The van der Waals surface area contributed by atoms with Gasteiger partial charge in [0.2, 0.25) is 0 Å². The molecule has 0 aliphatic carbocycles. The molecule has 0 saturated heterocycles. The number of nitrogens with one attached hydrogen (secondary N) is 1. The van der Waals surface area contributed by atoms with Gasteiger partial charge in [0.15, 0.2) is 0 Å². The molecule has 0 saturated carbocycles. The van der Waals surface area contributed by atoms with Gasteiger partial charge in [0.05, 0.1) is 11.9 Å². The first-order valence-electron chi connectivity index (χ1n) is 5.06. The normalized spacial score (nSPS) is 11.3. The SMILES string of the molecule is Nc1cc(F)cc(NS(=O)(=O)c2cncc(F)c2)c1. The van der Waals surface area contributed by atoms with E-state index in [4.69, 9.17) is 5.73 Å². The van der Waals surface area contributed by atoms with E-state index in [0.29, 0.717) is 0 Å². The molecular formula is C11H9F2N3O2S. The monoisotopic (exact) mass is 285 g/mol. The number of hydrogen-bond acceptors (Lipinski definition) is 4. The average Bonchev–Trinajstić information content (AvgIpc) is 2.26. The maximum atomic E-state index is 13.1. The van der Waals surface area contributed by atoms with Crippen LogP contribution in [-0.4, -0.2) is 13.4 Å². The summed E-state index contributed by atoms with van der Waals surface area (Å²) < 4.78 is 51.9. The third-order valence-corrected chi connectivity index (χ3v) is 3.51. The Morgan fingerprint density at radius 1 is 1.05 bits per heavy atom. The number of nitrogens with zero attached hydrogens (tertiary/aromatic N) is 1. The van der Waals surface area contributed by atoms with E-state index in [-0.39, 0.29) is 16.3 Å². The molecule has 1 heterocycles. The van der Waals surface area contributed by atoms with Gasteiger partial charge in [-0.3, -0.25) is 9.71 Å². The highest BCUT2D eigenvalue weighted by atomic mass is 32.2. The molecule has 0 aliphatic rings. The minimum atomic E-state index is -4.04. The zero-order valence-corrected chi connectivity index (χ0v) is 10.3. The summed E-state index contributed by atoms with van der Waals surface area (Å²) in [6, 6.07) is 4.05. The summed E-state index contributed by atoms with van der Waals surface area (Å²) in [6.07, 6.45) is 1.85. The van der Waals surface area contributed by atoms with Crippen molar-refractivity contribution in [1.29, 1.82) is 0 Å². The molecule has 0 unspecified atom stereocenters.